The summed E-state index contributed by atoms with van der Waals surface area (Å²) in [5, 5.41) is -2.11. The summed E-state index contributed by atoms with van der Waals surface area (Å²) >= 11 is 0. The van der Waals surface area contributed by atoms with Crippen LogP contribution < -0.4 is 0 Å². The third kappa shape index (κ3) is 3.55. The van der Waals surface area contributed by atoms with E-state index in [1.807, 2.05) is 0 Å². The second kappa shape index (κ2) is 8.85. The van der Waals surface area contributed by atoms with Crippen LogP contribution in [0.3, 0.4) is 0 Å². The largest absolute Gasteiger partial charge is 0.456 e. The number of furan rings is 1. The quantitative estimate of drug-likeness (QED) is 0.225. The van der Waals surface area contributed by atoms with Gasteiger partial charge in [-0.3, -0.25) is 0 Å². The highest BCUT2D eigenvalue weighted by Gasteiger charge is 2.22. The molecule has 184 valence electrons. The highest BCUT2D eigenvalue weighted by atomic mass is 16.3. The molecule has 1 aromatic heterocycles. The van der Waals surface area contributed by atoms with E-state index in [0.29, 0.717) is 0 Å². The van der Waals surface area contributed by atoms with Crippen LogP contribution in [0.15, 0.2) is 131 Å². The lowest BCUT2D eigenvalue weighted by Crippen LogP contribution is -2.02. The molecule has 1 aliphatic rings. The summed E-state index contributed by atoms with van der Waals surface area (Å²) in [5.74, 6) is 0. The van der Waals surface area contributed by atoms with Gasteiger partial charge in [-0.2, -0.15) is 0 Å². The SMILES string of the molecule is [2H]C1=C([2H])C([2H])C([2H])c2c1c(-c1c([2H])c([2H])c(-c3c([2H])c([2H])c([2H])c([2H])c3[2H])c([2H])c1[2H])c1c([2H])c([2H])c([2H])c([2H])c1c2-c1c([2H])c([2H])c2oc3c([2H])c([2H])c([2H])c([2H])c3c2c1[2H]. The van der Waals surface area contributed by atoms with Crippen LogP contribution in [-0.2, 0) is 6.40 Å². The van der Waals surface area contributed by atoms with Gasteiger partial charge in [0.05, 0.1) is 30.2 Å². The molecule has 0 spiro atoms. The number of hydrogen-bond donors (Lipinski definition) is 0. The van der Waals surface area contributed by atoms with Crippen molar-refractivity contribution < 1.29 is 37.3 Å². The van der Waals surface area contributed by atoms with Gasteiger partial charge in [0.25, 0.3) is 0 Å². The summed E-state index contributed by atoms with van der Waals surface area (Å²) < 4.78 is 217. The van der Waals surface area contributed by atoms with Gasteiger partial charge < -0.3 is 4.42 Å². The minimum Gasteiger partial charge on any atom is -0.456 e. The van der Waals surface area contributed by atoms with Crippen molar-refractivity contribution >= 4 is 38.8 Å². The van der Waals surface area contributed by atoms with Crippen LogP contribution in [-0.4, -0.2) is 0 Å². The van der Waals surface area contributed by atoms with Gasteiger partial charge in [-0.1, -0.05) is 115 Å². The van der Waals surface area contributed by atoms with Crippen molar-refractivity contribution in [2.75, 3.05) is 0 Å². The molecular weight excluding hydrogens is 472 g/mol. The fourth-order valence-corrected chi connectivity index (χ4v) is 4.62. The van der Waals surface area contributed by atoms with Crippen molar-refractivity contribution in [1.82, 2.24) is 0 Å². The van der Waals surface area contributed by atoms with Crippen LogP contribution >= 0.6 is 0 Å². The fourth-order valence-electron chi connectivity index (χ4n) is 4.62. The molecule has 1 heterocycles. The molecule has 6 aromatic carbocycles. The highest BCUT2D eigenvalue weighted by Crippen LogP contribution is 2.45. The van der Waals surface area contributed by atoms with E-state index in [1.54, 1.807) is 0 Å². The Balaban J connectivity index is 1.66. The van der Waals surface area contributed by atoms with Crippen molar-refractivity contribution in [3.63, 3.8) is 0 Å². The highest BCUT2D eigenvalue weighted by molar-refractivity contribution is 6.12. The summed E-state index contributed by atoms with van der Waals surface area (Å²) in [5.41, 5.74) is -6.31. The summed E-state index contributed by atoms with van der Waals surface area (Å²) in [4.78, 5) is 0. The van der Waals surface area contributed by atoms with Gasteiger partial charge in [0.1, 0.15) is 11.2 Å². The summed E-state index contributed by atoms with van der Waals surface area (Å²) in [6, 6.07) is -18.9. The zero-order valence-corrected chi connectivity index (χ0v) is 19.6. The van der Waals surface area contributed by atoms with E-state index in [1.165, 1.54) is 0 Å². The van der Waals surface area contributed by atoms with Crippen LogP contribution in [0, 0.1) is 0 Å². The Hall–Kier alpha value is -4.88. The Bertz CT molecular complexity index is 3290. The van der Waals surface area contributed by atoms with Gasteiger partial charge in [-0.25, -0.2) is 0 Å². The molecule has 39 heavy (non-hydrogen) atoms. The third-order valence-electron chi connectivity index (χ3n) is 6.27. The molecule has 7 aromatic rings. The van der Waals surface area contributed by atoms with Crippen molar-refractivity contribution in [2.24, 2.45) is 0 Å². The fraction of sp³-hybridized carbons (Fsp3) is 0.0526. The topological polar surface area (TPSA) is 13.1 Å². The summed E-state index contributed by atoms with van der Waals surface area (Å²) in [6.45, 7) is 0. The predicted octanol–water partition coefficient (Wildman–Crippen LogP) is 10.7. The van der Waals surface area contributed by atoms with Gasteiger partial charge in [-0.05, 0) is 86.2 Å². The number of rotatable bonds is 3. The molecule has 1 heteroatoms. The lowest BCUT2D eigenvalue weighted by Gasteiger charge is -2.24. The molecule has 0 saturated carbocycles. The molecular formula is C38H26O. The minimum absolute atomic E-state index is 0.384. The van der Waals surface area contributed by atoms with Crippen LogP contribution in [0.25, 0.3) is 72.1 Å². The molecule has 0 N–H and O–H groups in total. The maximum Gasteiger partial charge on any atom is 0.135 e. The van der Waals surface area contributed by atoms with E-state index in [4.69, 9.17) is 26.3 Å². The molecule has 0 saturated heterocycles. The van der Waals surface area contributed by atoms with Crippen LogP contribution in [0.5, 0.6) is 0 Å². The molecule has 0 fully saturated rings. The Morgan fingerprint density at radius 2 is 1.15 bits per heavy atom. The van der Waals surface area contributed by atoms with Gasteiger partial charge in [0.15, 0.2) is 0 Å². The van der Waals surface area contributed by atoms with E-state index >= 15 is 0 Å². The number of para-hydroxylation sites is 1. The average Bonchev–Trinajstić information content (AvgIpc) is 3.67. The van der Waals surface area contributed by atoms with E-state index in [9.17, 15) is 11.0 Å². The standard InChI is InChI=1S/C38H26O/c1-2-10-25(11-3-1)26-18-20-27(21-19-26)37-30-13-4-6-15-32(30)38(33-16-7-5-14-31(33)37)28-22-23-36-34(24-28)29-12-8-9-17-35(29)39-36/h1-6,8-15,17-24H,7,16H2/i1D,2D,3D,4D,5D,6D,7D,8D,9D,10D,11D,12D,13D,14D,15D,16D,17D,18D,19D,20D,21D,22D,23D,24D. The molecule has 1 aliphatic carbocycles. The number of allylic oxidation sites excluding steroid dienone is 1. The molecule has 2 unspecified atom stereocenters. The van der Waals surface area contributed by atoms with Crippen LogP contribution in [0.4, 0.5) is 0 Å². The van der Waals surface area contributed by atoms with Crippen LogP contribution in [0.1, 0.15) is 50.4 Å². The van der Waals surface area contributed by atoms with Crippen molar-refractivity contribution in [2.45, 2.75) is 12.8 Å². The molecule has 2 atom stereocenters. The number of benzene rings is 6. The Morgan fingerprint density at radius 1 is 0.538 bits per heavy atom. The first kappa shape index (κ1) is 8.83. The first-order valence-corrected chi connectivity index (χ1v) is 11.6. The van der Waals surface area contributed by atoms with E-state index in [2.05, 4.69) is 0 Å². The second-order valence-corrected chi connectivity index (χ2v) is 8.40. The summed E-state index contributed by atoms with van der Waals surface area (Å²) in [7, 11) is 0. The van der Waals surface area contributed by atoms with Gasteiger partial charge in [0.2, 0.25) is 0 Å². The first-order valence-electron chi connectivity index (χ1n) is 23.7. The van der Waals surface area contributed by atoms with Crippen molar-refractivity contribution in [3.8, 4) is 33.4 Å². The van der Waals surface area contributed by atoms with Gasteiger partial charge in [0, 0.05) is 13.5 Å². The number of fused-ring (bicyclic) bond motifs is 5. The smallest absolute Gasteiger partial charge is 0.135 e. The Labute approximate surface area is 261 Å². The molecule has 1 nitrogen and oxygen atoms in total. The maximum absolute atomic E-state index is 9.56. The van der Waals surface area contributed by atoms with Crippen molar-refractivity contribution in [3.05, 3.63) is 138 Å². The molecule has 0 amide bonds. The lowest BCUT2D eigenvalue weighted by molar-refractivity contribution is 0.669. The molecule has 0 bridgehead atoms. The van der Waals surface area contributed by atoms with E-state index < -0.39 is 218 Å². The maximum atomic E-state index is 9.56. The second-order valence-electron chi connectivity index (χ2n) is 8.40. The van der Waals surface area contributed by atoms with Crippen LogP contribution in [0.2, 0.25) is 0 Å². The minimum atomic E-state index is -2.01. The predicted molar refractivity (Wildman–Crippen MR) is 165 cm³/mol. The zero-order chi connectivity index (χ0) is 46.6. The molecule has 0 radical (unpaired) electrons. The van der Waals surface area contributed by atoms with Gasteiger partial charge in [-0.15, -0.1) is 0 Å². The first-order chi connectivity index (χ1) is 29.3. The Morgan fingerprint density at radius 3 is 1.97 bits per heavy atom. The number of hydrogen-bond acceptors (Lipinski definition) is 1. The molecule has 0 aliphatic heterocycles. The summed E-state index contributed by atoms with van der Waals surface area (Å²) in [6.07, 6.45) is -3.94. The van der Waals surface area contributed by atoms with Gasteiger partial charge >= 0.3 is 0 Å². The monoisotopic (exact) mass is 522 g/mol. The third-order valence-corrected chi connectivity index (χ3v) is 6.27. The Kier molecular flexibility index (Phi) is 2.00. The normalized spacial score (nSPS) is 25.7. The zero-order valence-electron chi connectivity index (χ0n) is 43.6. The van der Waals surface area contributed by atoms with E-state index in [-0.39, 0.29) is 5.39 Å². The average molecular weight is 523 g/mol. The van der Waals surface area contributed by atoms with Crippen molar-refractivity contribution in [1.29, 1.82) is 0 Å². The lowest BCUT2D eigenvalue weighted by atomic mass is 9.80. The van der Waals surface area contributed by atoms with E-state index in [0.717, 1.165) is 0 Å². The molecule has 8 rings (SSSR count).